The molecule has 0 amide bonds. The predicted octanol–water partition coefficient (Wildman–Crippen LogP) is 6.56. The van der Waals surface area contributed by atoms with Gasteiger partial charge in [0, 0.05) is 4.47 Å². The molecule has 2 aromatic rings. The van der Waals surface area contributed by atoms with Crippen LogP contribution in [0.3, 0.4) is 0 Å². The number of rotatable bonds is 2. The molecule has 1 aliphatic rings. The number of aromatic hydroxyl groups is 1. The summed E-state index contributed by atoms with van der Waals surface area (Å²) in [7, 11) is 0. The van der Waals surface area contributed by atoms with Crippen molar-refractivity contribution in [1.29, 1.82) is 0 Å². The number of allylic oxidation sites excluding steroid dienone is 1. The Morgan fingerprint density at radius 1 is 0.870 bits per heavy atom. The van der Waals surface area contributed by atoms with Crippen molar-refractivity contribution >= 4 is 21.5 Å². The van der Waals surface area contributed by atoms with Crippen molar-refractivity contribution in [2.24, 2.45) is 5.41 Å². The number of halogens is 1. The topological polar surface area (TPSA) is 20.2 Å². The molecule has 1 nitrogen and oxygen atoms in total. The smallest absolute Gasteiger partial charge is 0.115 e. The van der Waals surface area contributed by atoms with E-state index in [2.05, 4.69) is 54.0 Å². The van der Waals surface area contributed by atoms with E-state index in [1.54, 1.807) is 12.1 Å². The second-order valence-corrected chi connectivity index (χ2v) is 8.11. The Balaban J connectivity index is 2.07. The van der Waals surface area contributed by atoms with Crippen LogP contribution in [0.4, 0.5) is 0 Å². The molecule has 3 rings (SSSR count). The summed E-state index contributed by atoms with van der Waals surface area (Å²) >= 11 is 3.52. The van der Waals surface area contributed by atoms with E-state index in [1.807, 2.05) is 12.1 Å². The van der Waals surface area contributed by atoms with Crippen LogP contribution in [0.2, 0.25) is 0 Å². The zero-order chi connectivity index (χ0) is 16.4. The van der Waals surface area contributed by atoms with Crippen molar-refractivity contribution in [3.63, 3.8) is 0 Å². The van der Waals surface area contributed by atoms with E-state index in [-0.39, 0.29) is 0 Å². The molecule has 1 N–H and O–H groups in total. The summed E-state index contributed by atoms with van der Waals surface area (Å²) in [6.45, 7) is 4.73. The second-order valence-electron chi connectivity index (χ2n) is 7.20. The average molecular weight is 371 g/mol. The van der Waals surface area contributed by atoms with Gasteiger partial charge in [0.05, 0.1) is 0 Å². The molecule has 120 valence electrons. The first-order valence-corrected chi connectivity index (χ1v) is 9.01. The summed E-state index contributed by atoms with van der Waals surface area (Å²) in [5.41, 5.74) is 5.78. The minimum Gasteiger partial charge on any atom is -0.508 e. The Hall–Kier alpha value is -1.54. The summed E-state index contributed by atoms with van der Waals surface area (Å²) in [5, 5.41) is 9.60. The highest BCUT2D eigenvalue weighted by Crippen LogP contribution is 2.42. The Kier molecular flexibility index (Phi) is 4.63. The van der Waals surface area contributed by atoms with Crippen molar-refractivity contribution in [2.45, 2.75) is 39.5 Å². The molecule has 0 spiro atoms. The Bertz CT molecular complexity index is 649. The van der Waals surface area contributed by atoms with Crippen molar-refractivity contribution < 1.29 is 5.11 Å². The van der Waals surface area contributed by atoms with Crippen molar-refractivity contribution in [3.05, 3.63) is 69.7 Å². The molecule has 0 saturated heterocycles. The first-order chi connectivity index (χ1) is 10.9. The molecular weight excluding hydrogens is 348 g/mol. The highest BCUT2D eigenvalue weighted by molar-refractivity contribution is 9.10. The van der Waals surface area contributed by atoms with E-state index in [0.717, 1.165) is 17.3 Å². The Morgan fingerprint density at radius 3 is 1.87 bits per heavy atom. The molecular formula is C21H23BrO. The van der Waals surface area contributed by atoms with Crippen LogP contribution < -0.4 is 0 Å². The maximum Gasteiger partial charge on any atom is 0.115 e. The summed E-state index contributed by atoms with van der Waals surface area (Å²) in [6.07, 6.45) is 4.78. The van der Waals surface area contributed by atoms with Crippen LogP contribution >= 0.6 is 15.9 Å². The van der Waals surface area contributed by atoms with Gasteiger partial charge in [-0.2, -0.15) is 0 Å². The maximum absolute atomic E-state index is 9.60. The molecule has 1 aliphatic carbocycles. The monoisotopic (exact) mass is 370 g/mol. The van der Waals surface area contributed by atoms with Gasteiger partial charge in [-0.05, 0) is 72.1 Å². The van der Waals surface area contributed by atoms with E-state index in [0.29, 0.717) is 11.2 Å². The summed E-state index contributed by atoms with van der Waals surface area (Å²) in [4.78, 5) is 0. The normalized spacial score (nSPS) is 17.1. The Labute approximate surface area is 147 Å². The SMILES string of the molecule is CC1(C)CCC(=C(c2ccc(O)cc2)c2ccc(Br)cc2)CC1. The number of hydrogen-bond acceptors (Lipinski definition) is 1. The second kappa shape index (κ2) is 6.52. The van der Waals surface area contributed by atoms with Gasteiger partial charge < -0.3 is 5.11 Å². The lowest BCUT2D eigenvalue weighted by Crippen LogP contribution is -2.17. The number of phenols is 1. The van der Waals surface area contributed by atoms with E-state index in [9.17, 15) is 5.11 Å². The van der Waals surface area contributed by atoms with Gasteiger partial charge in [0.2, 0.25) is 0 Å². The molecule has 2 aromatic carbocycles. The fourth-order valence-electron chi connectivity index (χ4n) is 3.30. The lowest BCUT2D eigenvalue weighted by molar-refractivity contribution is 0.279. The zero-order valence-electron chi connectivity index (χ0n) is 13.8. The molecule has 0 bridgehead atoms. The molecule has 2 heteroatoms. The van der Waals surface area contributed by atoms with Crippen molar-refractivity contribution in [3.8, 4) is 5.75 Å². The van der Waals surface area contributed by atoms with Crippen LogP contribution in [0.15, 0.2) is 58.6 Å². The van der Waals surface area contributed by atoms with Gasteiger partial charge in [-0.3, -0.25) is 0 Å². The molecule has 1 saturated carbocycles. The highest BCUT2D eigenvalue weighted by Gasteiger charge is 2.25. The first-order valence-electron chi connectivity index (χ1n) is 8.22. The van der Waals surface area contributed by atoms with Gasteiger partial charge in [-0.15, -0.1) is 0 Å². The average Bonchev–Trinajstić information content (AvgIpc) is 2.53. The van der Waals surface area contributed by atoms with E-state index < -0.39 is 0 Å². The first kappa shape index (κ1) is 16.3. The molecule has 0 unspecified atom stereocenters. The molecule has 0 heterocycles. The van der Waals surface area contributed by atoms with Crippen LogP contribution in [-0.4, -0.2) is 5.11 Å². The maximum atomic E-state index is 9.60. The third-order valence-electron chi connectivity index (χ3n) is 4.85. The standard InChI is InChI=1S/C21H23BrO/c1-21(2)13-11-17(12-14-21)20(15-3-7-18(22)8-4-15)16-5-9-19(23)10-6-16/h3-10,23H,11-14H2,1-2H3. The van der Waals surface area contributed by atoms with Crippen LogP contribution in [-0.2, 0) is 0 Å². The highest BCUT2D eigenvalue weighted by atomic mass is 79.9. The molecule has 23 heavy (non-hydrogen) atoms. The van der Waals surface area contributed by atoms with Crippen molar-refractivity contribution in [2.75, 3.05) is 0 Å². The van der Waals surface area contributed by atoms with Gasteiger partial charge in [-0.25, -0.2) is 0 Å². The van der Waals surface area contributed by atoms with Gasteiger partial charge >= 0.3 is 0 Å². The molecule has 0 aromatic heterocycles. The minimum atomic E-state index is 0.318. The third-order valence-corrected chi connectivity index (χ3v) is 5.38. The summed E-state index contributed by atoms with van der Waals surface area (Å²) in [6, 6.07) is 16.2. The summed E-state index contributed by atoms with van der Waals surface area (Å²) < 4.78 is 1.10. The van der Waals surface area contributed by atoms with Gasteiger partial charge in [0.15, 0.2) is 0 Å². The van der Waals surface area contributed by atoms with Crippen molar-refractivity contribution in [1.82, 2.24) is 0 Å². The van der Waals surface area contributed by atoms with Crippen LogP contribution in [0, 0.1) is 5.41 Å². The predicted molar refractivity (Wildman–Crippen MR) is 101 cm³/mol. The quantitative estimate of drug-likeness (QED) is 0.634. The number of hydrogen-bond donors (Lipinski definition) is 1. The summed E-state index contributed by atoms with van der Waals surface area (Å²) in [5.74, 6) is 0.318. The molecule has 0 radical (unpaired) electrons. The number of phenolic OH excluding ortho intramolecular Hbond substituents is 1. The fourth-order valence-corrected chi connectivity index (χ4v) is 3.56. The number of benzene rings is 2. The van der Waals surface area contributed by atoms with Gasteiger partial charge in [-0.1, -0.05) is 59.6 Å². The minimum absolute atomic E-state index is 0.318. The lowest BCUT2D eigenvalue weighted by Gasteiger charge is -2.32. The largest absolute Gasteiger partial charge is 0.508 e. The van der Waals surface area contributed by atoms with E-state index in [4.69, 9.17) is 0 Å². The van der Waals surface area contributed by atoms with E-state index in [1.165, 1.54) is 35.1 Å². The van der Waals surface area contributed by atoms with E-state index >= 15 is 0 Å². The fraction of sp³-hybridized carbons (Fsp3) is 0.333. The van der Waals surface area contributed by atoms with Crippen LogP contribution in [0.25, 0.3) is 5.57 Å². The van der Waals surface area contributed by atoms with Gasteiger partial charge in [0.1, 0.15) is 5.75 Å². The van der Waals surface area contributed by atoms with Gasteiger partial charge in [0.25, 0.3) is 0 Å². The zero-order valence-corrected chi connectivity index (χ0v) is 15.4. The lowest BCUT2D eigenvalue weighted by atomic mass is 9.73. The molecule has 0 aliphatic heterocycles. The molecule has 0 atom stereocenters. The van der Waals surface area contributed by atoms with Crippen LogP contribution in [0.1, 0.15) is 50.7 Å². The third kappa shape index (κ3) is 3.87. The van der Waals surface area contributed by atoms with Crippen LogP contribution in [0.5, 0.6) is 5.75 Å². The molecule has 1 fully saturated rings. The Morgan fingerprint density at radius 2 is 1.35 bits per heavy atom.